The monoisotopic (exact) mass is 276 g/mol. The Kier molecular flexibility index (Phi) is 4.04. The number of benzene rings is 1. The van der Waals surface area contributed by atoms with Gasteiger partial charge in [0.15, 0.2) is 0 Å². The first-order valence-corrected chi connectivity index (χ1v) is 7.18. The number of carbonyl (C=O) groups is 1. The highest BCUT2D eigenvalue weighted by molar-refractivity contribution is 5.98. The molecule has 1 aliphatic rings. The van der Waals surface area contributed by atoms with Crippen LogP contribution in [0.5, 0.6) is 5.75 Å². The summed E-state index contributed by atoms with van der Waals surface area (Å²) in [5.74, 6) is 0.707. The summed E-state index contributed by atoms with van der Waals surface area (Å²) in [6.45, 7) is 6.00. The highest BCUT2D eigenvalue weighted by Crippen LogP contribution is 2.29. The van der Waals surface area contributed by atoms with Gasteiger partial charge in [-0.2, -0.15) is 0 Å². The van der Waals surface area contributed by atoms with Gasteiger partial charge in [-0.25, -0.2) is 0 Å². The fourth-order valence-electron chi connectivity index (χ4n) is 2.45. The lowest BCUT2D eigenvalue weighted by Gasteiger charge is -2.23. The molecule has 0 aromatic heterocycles. The molecule has 0 unspecified atom stereocenters. The van der Waals surface area contributed by atoms with Crippen LogP contribution in [0.2, 0.25) is 0 Å². The third kappa shape index (κ3) is 3.73. The van der Waals surface area contributed by atoms with Crippen molar-refractivity contribution in [3.63, 3.8) is 0 Å². The first-order chi connectivity index (χ1) is 9.28. The summed E-state index contributed by atoms with van der Waals surface area (Å²) in [5.41, 5.74) is 5.96. The van der Waals surface area contributed by atoms with E-state index >= 15 is 0 Å². The molecule has 0 heterocycles. The molecule has 0 bridgehead atoms. The number of amides is 1. The zero-order valence-electron chi connectivity index (χ0n) is 12.5. The van der Waals surface area contributed by atoms with Crippen molar-refractivity contribution < 1.29 is 9.53 Å². The highest BCUT2D eigenvalue weighted by atomic mass is 16.5. The molecule has 0 aliphatic heterocycles. The molecular weight excluding hydrogens is 252 g/mol. The Morgan fingerprint density at radius 3 is 2.25 bits per heavy atom. The Balaban J connectivity index is 1.98. The second-order valence-electron chi connectivity index (χ2n) is 6.56. The molecular formula is C16H24N2O2. The van der Waals surface area contributed by atoms with Gasteiger partial charge in [-0.1, -0.05) is 12.8 Å². The van der Waals surface area contributed by atoms with E-state index in [-0.39, 0.29) is 11.5 Å². The Bertz CT molecular complexity index is 468. The summed E-state index contributed by atoms with van der Waals surface area (Å²) in [5, 5.41) is 2.89. The average Bonchev–Trinajstić information content (AvgIpc) is 2.78. The zero-order valence-corrected chi connectivity index (χ0v) is 12.5. The topological polar surface area (TPSA) is 64.3 Å². The molecule has 1 saturated carbocycles. The summed E-state index contributed by atoms with van der Waals surface area (Å²) >= 11 is 0. The van der Waals surface area contributed by atoms with Gasteiger partial charge >= 0.3 is 0 Å². The largest absolute Gasteiger partial charge is 0.488 e. The zero-order chi connectivity index (χ0) is 14.8. The quantitative estimate of drug-likeness (QED) is 0.891. The van der Waals surface area contributed by atoms with Crippen LogP contribution in [0.15, 0.2) is 24.3 Å². The molecule has 1 aliphatic carbocycles. The van der Waals surface area contributed by atoms with Crippen molar-refractivity contribution in [3.05, 3.63) is 24.3 Å². The highest BCUT2D eigenvalue weighted by Gasteiger charge is 2.36. The van der Waals surface area contributed by atoms with Crippen molar-refractivity contribution in [2.24, 2.45) is 5.73 Å². The maximum atomic E-state index is 12.2. The van der Waals surface area contributed by atoms with Gasteiger partial charge in [-0.3, -0.25) is 4.79 Å². The minimum atomic E-state index is -0.694. The molecule has 110 valence electrons. The molecule has 4 nitrogen and oxygen atoms in total. The Morgan fingerprint density at radius 1 is 1.20 bits per heavy atom. The number of nitrogens with one attached hydrogen (secondary N) is 1. The Hall–Kier alpha value is -1.55. The van der Waals surface area contributed by atoms with Crippen molar-refractivity contribution in [2.45, 2.75) is 57.6 Å². The maximum absolute atomic E-state index is 12.2. The van der Waals surface area contributed by atoms with Gasteiger partial charge in [0.25, 0.3) is 0 Å². The fraction of sp³-hybridized carbons (Fsp3) is 0.562. The summed E-state index contributed by atoms with van der Waals surface area (Å²) in [6.07, 6.45) is 3.60. The normalized spacial score (nSPS) is 17.8. The number of ether oxygens (including phenoxy) is 1. The molecule has 3 N–H and O–H groups in total. The minimum absolute atomic E-state index is 0.0838. The molecule has 2 rings (SSSR count). The van der Waals surface area contributed by atoms with E-state index in [4.69, 9.17) is 10.5 Å². The molecule has 1 fully saturated rings. The SMILES string of the molecule is CC(C)(C)Oc1ccc(NC(=O)C2(N)CCCC2)cc1. The predicted octanol–water partition coefficient (Wildman–Crippen LogP) is 3.07. The number of rotatable bonds is 3. The first kappa shape index (κ1) is 14.9. The molecule has 0 atom stereocenters. The van der Waals surface area contributed by atoms with Crippen LogP contribution in [0.25, 0.3) is 0 Å². The third-order valence-corrected chi connectivity index (χ3v) is 3.48. The average molecular weight is 276 g/mol. The van der Waals surface area contributed by atoms with E-state index in [0.29, 0.717) is 0 Å². The lowest BCUT2D eigenvalue weighted by molar-refractivity contribution is -0.121. The molecule has 0 saturated heterocycles. The van der Waals surface area contributed by atoms with Crippen LogP contribution in [0, 0.1) is 0 Å². The molecule has 20 heavy (non-hydrogen) atoms. The second-order valence-corrected chi connectivity index (χ2v) is 6.56. The lowest BCUT2D eigenvalue weighted by Crippen LogP contribution is -2.48. The van der Waals surface area contributed by atoms with Crippen LogP contribution in [0.3, 0.4) is 0 Å². The lowest BCUT2D eigenvalue weighted by atomic mass is 9.98. The van der Waals surface area contributed by atoms with Crippen LogP contribution in [-0.2, 0) is 4.79 Å². The number of nitrogens with two attached hydrogens (primary N) is 1. The van der Waals surface area contributed by atoms with Crippen LogP contribution >= 0.6 is 0 Å². The fourth-order valence-corrected chi connectivity index (χ4v) is 2.45. The standard InChI is InChI=1S/C16H24N2O2/c1-15(2,3)20-13-8-6-12(7-9-13)18-14(19)16(17)10-4-5-11-16/h6-9H,4-5,10-11,17H2,1-3H3,(H,18,19). The number of carbonyl (C=O) groups excluding carboxylic acids is 1. The van der Waals surface area contributed by atoms with E-state index in [0.717, 1.165) is 37.1 Å². The van der Waals surface area contributed by atoms with E-state index in [1.165, 1.54) is 0 Å². The van der Waals surface area contributed by atoms with Crippen LogP contribution in [0.4, 0.5) is 5.69 Å². The number of anilines is 1. The molecule has 0 radical (unpaired) electrons. The predicted molar refractivity (Wildman–Crippen MR) is 80.8 cm³/mol. The van der Waals surface area contributed by atoms with E-state index < -0.39 is 5.54 Å². The smallest absolute Gasteiger partial charge is 0.244 e. The van der Waals surface area contributed by atoms with Gasteiger partial charge in [0.05, 0.1) is 5.54 Å². The summed E-state index contributed by atoms with van der Waals surface area (Å²) in [4.78, 5) is 12.2. The van der Waals surface area contributed by atoms with Crippen LogP contribution < -0.4 is 15.8 Å². The van der Waals surface area contributed by atoms with Gasteiger partial charge in [0.1, 0.15) is 11.4 Å². The summed E-state index contributed by atoms with van der Waals surface area (Å²) < 4.78 is 5.74. The molecule has 1 aromatic carbocycles. The van der Waals surface area contributed by atoms with Crippen molar-refractivity contribution >= 4 is 11.6 Å². The van der Waals surface area contributed by atoms with Crippen molar-refractivity contribution in [3.8, 4) is 5.75 Å². The van der Waals surface area contributed by atoms with Crippen LogP contribution in [0.1, 0.15) is 46.5 Å². The van der Waals surface area contributed by atoms with Crippen molar-refractivity contribution in [2.75, 3.05) is 5.32 Å². The summed E-state index contributed by atoms with van der Waals surface area (Å²) in [6, 6.07) is 7.41. The third-order valence-electron chi connectivity index (χ3n) is 3.48. The number of hydrogen-bond donors (Lipinski definition) is 2. The van der Waals surface area contributed by atoms with Gasteiger partial charge in [-0.05, 0) is 57.9 Å². The molecule has 4 heteroatoms. The molecule has 1 aromatic rings. The van der Waals surface area contributed by atoms with E-state index in [1.54, 1.807) is 0 Å². The number of hydrogen-bond acceptors (Lipinski definition) is 3. The second kappa shape index (κ2) is 5.44. The molecule has 0 spiro atoms. The summed E-state index contributed by atoms with van der Waals surface area (Å²) in [7, 11) is 0. The van der Waals surface area contributed by atoms with Gasteiger partial charge in [0, 0.05) is 5.69 Å². The first-order valence-electron chi connectivity index (χ1n) is 7.18. The van der Waals surface area contributed by atoms with Gasteiger partial charge in [-0.15, -0.1) is 0 Å². The van der Waals surface area contributed by atoms with E-state index in [1.807, 2.05) is 45.0 Å². The van der Waals surface area contributed by atoms with E-state index in [9.17, 15) is 4.79 Å². The molecule has 1 amide bonds. The maximum Gasteiger partial charge on any atom is 0.244 e. The van der Waals surface area contributed by atoms with Crippen molar-refractivity contribution in [1.82, 2.24) is 0 Å². The van der Waals surface area contributed by atoms with Gasteiger partial charge < -0.3 is 15.8 Å². The van der Waals surface area contributed by atoms with Crippen molar-refractivity contribution in [1.29, 1.82) is 0 Å². The van der Waals surface area contributed by atoms with Gasteiger partial charge in [0.2, 0.25) is 5.91 Å². The minimum Gasteiger partial charge on any atom is -0.488 e. The van der Waals surface area contributed by atoms with E-state index in [2.05, 4.69) is 5.32 Å². The van der Waals surface area contributed by atoms with Crippen LogP contribution in [-0.4, -0.2) is 17.0 Å². The Morgan fingerprint density at radius 2 is 1.75 bits per heavy atom. The Labute approximate surface area is 120 Å².